The van der Waals surface area contributed by atoms with Gasteiger partial charge in [0.25, 0.3) is 0 Å². The zero-order valence-corrected chi connectivity index (χ0v) is 11.2. The number of alkyl carbamates (subject to hydrolysis) is 1. The summed E-state index contributed by atoms with van der Waals surface area (Å²) in [6, 6.07) is 6.83. The van der Waals surface area contributed by atoms with Crippen LogP contribution >= 0.6 is 0 Å². The zero-order chi connectivity index (χ0) is 14.0. The fourth-order valence-electron chi connectivity index (χ4n) is 2.23. The predicted molar refractivity (Wildman–Crippen MR) is 68.8 cm³/mol. The molecule has 0 radical (unpaired) electrons. The topological polar surface area (TPSA) is 64.6 Å². The molecule has 1 amide bonds. The quantitative estimate of drug-likeness (QED) is 0.831. The molecule has 0 bridgehead atoms. The summed E-state index contributed by atoms with van der Waals surface area (Å²) in [5.74, 6) is -0.410. The van der Waals surface area contributed by atoms with E-state index in [-0.39, 0.29) is 11.5 Å². The minimum absolute atomic E-state index is 0.288. The molecule has 0 aromatic heterocycles. The normalized spacial score (nSPS) is 21.2. The first-order chi connectivity index (χ1) is 8.95. The Bertz CT molecular complexity index is 510. The molecule has 0 saturated carbocycles. The van der Waals surface area contributed by atoms with Crippen LogP contribution in [0.4, 0.5) is 4.79 Å². The van der Waals surface area contributed by atoms with E-state index in [1.54, 1.807) is 12.1 Å². The van der Waals surface area contributed by atoms with Crippen molar-refractivity contribution in [2.24, 2.45) is 5.41 Å². The van der Waals surface area contributed by atoms with Gasteiger partial charge in [0.2, 0.25) is 0 Å². The van der Waals surface area contributed by atoms with Crippen LogP contribution in [0.1, 0.15) is 35.8 Å². The van der Waals surface area contributed by atoms with Crippen LogP contribution in [0.3, 0.4) is 0 Å². The summed E-state index contributed by atoms with van der Waals surface area (Å²) >= 11 is 0. The molecule has 1 aliphatic rings. The van der Waals surface area contributed by atoms with E-state index in [9.17, 15) is 9.59 Å². The van der Waals surface area contributed by atoms with Crippen LogP contribution in [0.5, 0.6) is 0 Å². The van der Waals surface area contributed by atoms with Gasteiger partial charge in [-0.15, -0.1) is 0 Å². The summed E-state index contributed by atoms with van der Waals surface area (Å²) in [5, 5.41) is 2.77. The molecule has 0 spiro atoms. The summed E-state index contributed by atoms with van der Waals surface area (Å²) < 4.78 is 9.79. The Morgan fingerprint density at radius 2 is 2.11 bits per heavy atom. The second kappa shape index (κ2) is 4.91. The third kappa shape index (κ3) is 2.54. The molecular weight excluding hydrogens is 246 g/mol. The second-order valence-electron chi connectivity index (χ2n) is 5.22. The van der Waals surface area contributed by atoms with E-state index in [1.807, 2.05) is 26.0 Å². The highest BCUT2D eigenvalue weighted by Crippen LogP contribution is 2.37. The SMILES string of the molecule is COC(=O)c1ccccc1[C@H]1NC(=O)OCC1(C)C. The van der Waals surface area contributed by atoms with Gasteiger partial charge in [-0.05, 0) is 11.6 Å². The van der Waals surface area contributed by atoms with Gasteiger partial charge in [-0.25, -0.2) is 9.59 Å². The minimum Gasteiger partial charge on any atom is -0.465 e. The molecule has 0 aliphatic carbocycles. The van der Waals surface area contributed by atoms with Crippen LogP contribution in [0.2, 0.25) is 0 Å². The number of benzene rings is 1. The first-order valence-electron chi connectivity index (χ1n) is 6.06. The number of cyclic esters (lactones) is 1. The van der Waals surface area contributed by atoms with Gasteiger partial charge < -0.3 is 14.8 Å². The lowest BCUT2D eigenvalue weighted by Crippen LogP contribution is -2.47. The molecule has 2 rings (SSSR count). The maximum absolute atomic E-state index is 11.8. The van der Waals surface area contributed by atoms with E-state index < -0.39 is 12.1 Å². The Balaban J connectivity index is 2.45. The van der Waals surface area contributed by atoms with Gasteiger partial charge in [0.05, 0.1) is 18.7 Å². The highest BCUT2D eigenvalue weighted by molar-refractivity contribution is 5.91. The average Bonchev–Trinajstić information content (AvgIpc) is 2.41. The number of hydrogen-bond donors (Lipinski definition) is 1. The molecule has 1 saturated heterocycles. The van der Waals surface area contributed by atoms with Gasteiger partial charge in [0, 0.05) is 5.41 Å². The maximum Gasteiger partial charge on any atom is 0.407 e. The number of methoxy groups -OCH3 is 1. The lowest BCUT2D eigenvalue weighted by Gasteiger charge is -2.39. The molecule has 0 unspecified atom stereocenters. The van der Waals surface area contributed by atoms with Crippen LogP contribution in [0.15, 0.2) is 24.3 Å². The van der Waals surface area contributed by atoms with Gasteiger partial charge in [-0.3, -0.25) is 0 Å². The number of esters is 1. The molecule has 1 aliphatic heterocycles. The molecule has 19 heavy (non-hydrogen) atoms. The molecule has 5 nitrogen and oxygen atoms in total. The molecule has 1 N–H and O–H groups in total. The number of ether oxygens (including phenoxy) is 2. The van der Waals surface area contributed by atoms with Crippen molar-refractivity contribution in [3.05, 3.63) is 35.4 Å². The third-order valence-electron chi connectivity index (χ3n) is 3.30. The molecule has 1 aromatic carbocycles. The maximum atomic E-state index is 11.8. The minimum atomic E-state index is -0.469. The summed E-state index contributed by atoms with van der Waals surface area (Å²) in [5.41, 5.74) is 0.902. The van der Waals surface area contributed by atoms with E-state index in [2.05, 4.69) is 5.32 Å². The molecule has 1 aromatic rings. The highest BCUT2D eigenvalue weighted by atomic mass is 16.6. The Labute approximate surface area is 111 Å². The van der Waals surface area contributed by atoms with Gasteiger partial charge in [-0.2, -0.15) is 0 Å². The van der Waals surface area contributed by atoms with Gasteiger partial charge >= 0.3 is 12.1 Å². The van der Waals surface area contributed by atoms with Crippen molar-refractivity contribution in [1.29, 1.82) is 0 Å². The van der Waals surface area contributed by atoms with Crippen LogP contribution in [-0.4, -0.2) is 25.8 Å². The highest BCUT2D eigenvalue weighted by Gasteiger charge is 2.39. The number of hydrogen-bond acceptors (Lipinski definition) is 4. The number of rotatable bonds is 2. The summed E-state index contributed by atoms with van der Waals surface area (Å²) in [4.78, 5) is 23.2. The van der Waals surface area contributed by atoms with Crippen molar-refractivity contribution >= 4 is 12.1 Å². The lowest BCUT2D eigenvalue weighted by atomic mass is 9.79. The van der Waals surface area contributed by atoms with Crippen molar-refractivity contribution < 1.29 is 19.1 Å². The zero-order valence-electron chi connectivity index (χ0n) is 11.2. The van der Waals surface area contributed by atoms with Crippen LogP contribution in [0, 0.1) is 5.41 Å². The monoisotopic (exact) mass is 263 g/mol. The second-order valence-corrected chi connectivity index (χ2v) is 5.22. The summed E-state index contributed by atoms with van der Waals surface area (Å²) in [6.45, 7) is 4.26. The predicted octanol–water partition coefficient (Wildman–Crippen LogP) is 2.28. The van der Waals surface area contributed by atoms with Crippen molar-refractivity contribution in [2.45, 2.75) is 19.9 Å². The number of carbonyl (C=O) groups is 2. The van der Waals surface area contributed by atoms with Crippen LogP contribution in [-0.2, 0) is 9.47 Å². The van der Waals surface area contributed by atoms with E-state index in [1.165, 1.54) is 7.11 Å². The Morgan fingerprint density at radius 3 is 2.79 bits per heavy atom. The molecular formula is C14H17NO4. The van der Waals surface area contributed by atoms with Gasteiger partial charge in [0.1, 0.15) is 6.61 Å². The van der Waals surface area contributed by atoms with E-state index in [0.29, 0.717) is 12.2 Å². The Hall–Kier alpha value is -2.04. The van der Waals surface area contributed by atoms with Crippen molar-refractivity contribution in [3.8, 4) is 0 Å². The lowest BCUT2D eigenvalue weighted by molar-refractivity contribution is 0.0374. The largest absolute Gasteiger partial charge is 0.465 e. The molecule has 1 atom stereocenters. The summed E-state index contributed by atoms with van der Waals surface area (Å²) in [7, 11) is 1.34. The molecule has 102 valence electrons. The first-order valence-corrected chi connectivity index (χ1v) is 6.06. The number of amides is 1. The third-order valence-corrected chi connectivity index (χ3v) is 3.30. The van der Waals surface area contributed by atoms with Gasteiger partial charge in [0.15, 0.2) is 0 Å². The summed E-state index contributed by atoms with van der Waals surface area (Å²) in [6.07, 6.45) is -0.469. The van der Waals surface area contributed by atoms with Crippen molar-refractivity contribution in [2.75, 3.05) is 13.7 Å². The van der Waals surface area contributed by atoms with E-state index in [4.69, 9.17) is 9.47 Å². The van der Waals surface area contributed by atoms with Crippen LogP contribution in [0.25, 0.3) is 0 Å². The fraction of sp³-hybridized carbons (Fsp3) is 0.429. The smallest absolute Gasteiger partial charge is 0.407 e. The Morgan fingerprint density at radius 1 is 1.42 bits per heavy atom. The standard InChI is InChI=1S/C14H17NO4/c1-14(2)8-19-13(17)15-11(14)9-6-4-5-7-10(9)12(16)18-3/h4-7,11H,8H2,1-3H3,(H,15,17)/t11-/m1/s1. The van der Waals surface area contributed by atoms with Crippen molar-refractivity contribution in [1.82, 2.24) is 5.32 Å². The van der Waals surface area contributed by atoms with Gasteiger partial charge in [-0.1, -0.05) is 32.0 Å². The molecule has 1 heterocycles. The first kappa shape index (κ1) is 13.4. The van der Waals surface area contributed by atoms with E-state index >= 15 is 0 Å². The fourth-order valence-corrected chi connectivity index (χ4v) is 2.23. The number of nitrogens with one attached hydrogen (secondary N) is 1. The number of carbonyl (C=O) groups excluding carboxylic acids is 2. The molecule has 1 fully saturated rings. The van der Waals surface area contributed by atoms with Crippen molar-refractivity contribution in [3.63, 3.8) is 0 Å². The van der Waals surface area contributed by atoms with Crippen LogP contribution < -0.4 is 5.32 Å². The van der Waals surface area contributed by atoms with E-state index in [0.717, 1.165) is 5.56 Å². The molecule has 5 heteroatoms. The average molecular weight is 263 g/mol. The Kier molecular flexibility index (Phi) is 3.46.